The van der Waals surface area contributed by atoms with Crippen molar-refractivity contribution in [3.8, 4) is 17.2 Å². The third-order valence-corrected chi connectivity index (χ3v) is 3.55. The van der Waals surface area contributed by atoms with Gasteiger partial charge >= 0.3 is 0 Å². The van der Waals surface area contributed by atoms with Crippen molar-refractivity contribution in [1.82, 2.24) is 0 Å². The predicted octanol–water partition coefficient (Wildman–Crippen LogP) is 3.69. The summed E-state index contributed by atoms with van der Waals surface area (Å²) in [7, 11) is 0. The predicted molar refractivity (Wildman–Crippen MR) is 82.0 cm³/mol. The summed E-state index contributed by atoms with van der Waals surface area (Å²) in [4.78, 5) is 0. The number of hydrogen-bond acceptors (Lipinski definition) is 4. The van der Waals surface area contributed by atoms with Gasteiger partial charge in [-0.05, 0) is 30.2 Å². The van der Waals surface area contributed by atoms with E-state index in [2.05, 4.69) is 36.5 Å². The first-order valence-electron chi connectivity index (χ1n) is 7.20. The molecule has 1 heterocycles. The zero-order valence-electron chi connectivity index (χ0n) is 12.1. The van der Waals surface area contributed by atoms with Gasteiger partial charge in [0.25, 0.3) is 0 Å². The lowest BCUT2D eigenvalue weighted by Crippen LogP contribution is -2.00. The minimum atomic E-state index is 0.213. The maximum Gasteiger partial charge on any atom is 0.231 e. The molecule has 0 unspecified atom stereocenters. The summed E-state index contributed by atoms with van der Waals surface area (Å²) >= 11 is 0. The largest absolute Gasteiger partial charge is 0.507 e. The lowest BCUT2D eigenvalue weighted by Gasteiger charge is -2.10. The normalized spacial score (nSPS) is 12.4. The van der Waals surface area contributed by atoms with Crippen molar-refractivity contribution < 1.29 is 14.6 Å². The summed E-state index contributed by atoms with van der Waals surface area (Å²) in [5.41, 5.74) is 3.16. The third-order valence-electron chi connectivity index (χ3n) is 3.55. The second-order valence-corrected chi connectivity index (χ2v) is 5.13. The van der Waals surface area contributed by atoms with Crippen LogP contribution in [0.25, 0.3) is 0 Å². The molecule has 4 nitrogen and oxygen atoms in total. The van der Waals surface area contributed by atoms with E-state index >= 15 is 0 Å². The van der Waals surface area contributed by atoms with E-state index in [1.807, 2.05) is 6.07 Å². The highest BCUT2D eigenvalue weighted by Crippen LogP contribution is 2.37. The molecule has 1 aliphatic rings. The molecule has 2 aromatic carbocycles. The number of phenolic OH excluding ortho intramolecular Hbond substituents is 1. The van der Waals surface area contributed by atoms with Crippen molar-refractivity contribution in [2.75, 3.05) is 12.1 Å². The number of ether oxygens (including phenoxy) is 2. The molecule has 110 valence electrons. The van der Waals surface area contributed by atoms with E-state index < -0.39 is 0 Å². The molecule has 0 radical (unpaired) electrons. The van der Waals surface area contributed by atoms with E-state index in [-0.39, 0.29) is 12.5 Å². The summed E-state index contributed by atoms with van der Waals surface area (Å²) in [5.74, 6) is 1.50. The number of phenols is 1. The number of aromatic hydroxyl groups is 1. The van der Waals surface area contributed by atoms with Gasteiger partial charge in [-0.15, -0.1) is 0 Å². The molecule has 0 bridgehead atoms. The van der Waals surface area contributed by atoms with Gasteiger partial charge < -0.3 is 19.9 Å². The molecule has 0 spiro atoms. The second kappa shape index (κ2) is 5.95. The van der Waals surface area contributed by atoms with Gasteiger partial charge in [0, 0.05) is 23.9 Å². The number of hydrogen-bond donors (Lipinski definition) is 2. The maximum absolute atomic E-state index is 9.99. The Labute approximate surface area is 124 Å². The van der Waals surface area contributed by atoms with Gasteiger partial charge in [0.05, 0.1) is 0 Å². The Balaban J connectivity index is 1.67. The number of benzene rings is 2. The molecule has 0 fully saturated rings. The Morgan fingerprint density at radius 3 is 2.52 bits per heavy atom. The topological polar surface area (TPSA) is 50.7 Å². The van der Waals surface area contributed by atoms with Crippen LogP contribution in [-0.2, 0) is 13.0 Å². The molecule has 0 saturated carbocycles. The highest BCUT2D eigenvalue weighted by atomic mass is 16.7. The Bertz CT molecular complexity index is 623. The molecule has 3 rings (SSSR count). The van der Waals surface area contributed by atoms with Crippen LogP contribution in [0, 0.1) is 0 Å². The van der Waals surface area contributed by atoms with Crippen molar-refractivity contribution in [1.29, 1.82) is 0 Å². The smallest absolute Gasteiger partial charge is 0.231 e. The first-order valence-corrected chi connectivity index (χ1v) is 7.20. The van der Waals surface area contributed by atoms with Gasteiger partial charge in [-0.2, -0.15) is 0 Å². The van der Waals surface area contributed by atoms with Gasteiger partial charge in [0.2, 0.25) is 6.79 Å². The van der Waals surface area contributed by atoms with Crippen LogP contribution in [0.2, 0.25) is 0 Å². The SMILES string of the molecule is CCCc1ccc(NCc2cc3c(cc2O)OCO3)cc1. The Morgan fingerprint density at radius 2 is 1.81 bits per heavy atom. The summed E-state index contributed by atoms with van der Waals surface area (Å²) < 4.78 is 10.6. The fourth-order valence-corrected chi connectivity index (χ4v) is 2.39. The van der Waals surface area contributed by atoms with E-state index in [0.717, 1.165) is 24.1 Å². The first-order chi connectivity index (χ1) is 10.3. The van der Waals surface area contributed by atoms with Crippen LogP contribution >= 0.6 is 0 Å². The van der Waals surface area contributed by atoms with Crippen molar-refractivity contribution >= 4 is 5.69 Å². The number of anilines is 1. The number of nitrogens with one attached hydrogen (secondary N) is 1. The van der Waals surface area contributed by atoms with Gasteiger partial charge in [-0.25, -0.2) is 0 Å². The highest BCUT2D eigenvalue weighted by Gasteiger charge is 2.16. The fourth-order valence-electron chi connectivity index (χ4n) is 2.39. The Morgan fingerprint density at radius 1 is 1.10 bits per heavy atom. The van der Waals surface area contributed by atoms with E-state index in [4.69, 9.17) is 9.47 Å². The van der Waals surface area contributed by atoms with Crippen LogP contribution in [0.5, 0.6) is 17.2 Å². The van der Waals surface area contributed by atoms with Crippen LogP contribution in [0.15, 0.2) is 36.4 Å². The third kappa shape index (κ3) is 3.05. The van der Waals surface area contributed by atoms with Gasteiger partial charge in [0.15, 0.2) is 11.5 Å². The minimum Gasteiger partial charge on any atom is -0.507 e. The van der Waals surface area contributed by atoms with E-state index in [0.29, 0.717) is 18.0 Å². The molecular formula is C17H19NO3. The molecule has 2 N–H and O–H groups in total. The summed E-state index contributed by atoms with van der Waals surface area (Å²) in [6.07, 6.45) is 2.25. The van der Waals surface area contributed by atoms with Crippen LogP contribution in [0.4, 0.5) is 5.69 Å². The number of rotatable bonds is 5. The zero-order chi connectivity index (χ0) is 14.7. The minimum absolute atomic E-state index is 0.213. The molecule has 21 heavy (non-hydrogen) atoms. The van der Waals surface area contributed by atoms with Crippen molar-refractivity contribution in [3.05, 3.63) is 47.5 Å². The van der Waals surface area contributed by atoms with Crippen molar-refractivity contribution in [3.63, 3.8) is 0 Å². The molecule has 2 aromatic rings. The fraction of sp³-hybridized carbons (Fsp3) is 0.294. The lowest BCUT2D eigenvalue weighted by atomic mass is 10.1. The average Bonchev–Trinajstić information content (AvgIpc) is 2.93. The van der Waals surface area contributed by atoms with E-state index in [1.165, 1.54) is 5.56 Å². The van der Waals surface area contributed by atoms with Crippen LogP contribution in [0.3, 0.4) is 0 Å². The van der Waals surface area contributed by atoms with E-state index in [1.54, 1.807) is 6.07 Å². The molecule has 0 aliphatic carbocycles. The Hall–Kier alpha value is -2.36. The van der Waals surface area contributed by atoms with Crippen LogP contribution in [0.1, 0.15) is 24.5 Å². The standard InChI is InChI=1S/C17H19NO3/c1-2-3-12-4-6-14(7-5-12)18-10-13-8-16-17(9-15(13)19)21-11-20-16/h4-9,18-19H,2-3,10-11H2,1H3. The molecule has 0 aromatic heterocycles. The van der Waals surface area contributed by atoms with Gasteiger partial charge in [0.1, 0.15) is 5.75 Å². The molecule has 0 amide bonds. The van der Waals surface area contributed by atoms with Crippen LogP contribution in [-0.4, -0.2) is 11.9 Å². The molecule has 0 atom stereocenters. The van der Waals surface area contributed by atoms with Crippen LogP contribution < -0.4 is 14.8 Å². The summed E-state index contributed by atoms with van der Waals surface area (Å²) in [6.45, 7) is 2.93. The monoisotopic (exact) mass is 285 g/mol. The van der Waals surface area contributed by atoms with Gasteiger partial charge in [-0.1, -0.05) is 25.5 Å². The Kier molecular flexibility index (Phi) is 3.86. The second-order valence-electron chi connectivity index (χ2n) is 5.13. The first kappa shape index (κ1) is 13.6. The highest BCUT2D eigenvalue weighted by molar-refractivity contribution is 5.53. The van der Waals surface area contributed by atoms with Gasteiger partial charge in [-0.3, -0.25) is 0 Å². The number of fused-ring (bicyclic) bond motifs is 1. The summed E-state index contributed by atoms with van der Waals surface area (Å²) in [5, 5.41) is 13.3. The molecule has 0 saturated heterocycles. The molecular weight excluding hydrogens is 266 g/mol. The lowest BCUT2D eigenvalue weighted by molar-refractivity contribution is 0.174. The van der Waals surface area contributed by atoms with E-state index in [9.17, 15) is 5.11 Å². The average molecular weight is 285 g/mol. The quantitative estimate of drug-likeness (QED) is 0.879. The summed E-state index contributed by atoms with van der Waals surface area (Å²) in [6, 6.07) is 11.8. The molecule has 1 aliphatic heterocycles. The maximum atomic E-state index is 9.99. The number of aryl methyl sites for hydroxylation is 1. The van der Waals surface area contributed by atoms with Crippen molar-refractivity contribution in [2.24, 2.45) is 0 Å². The zero-order valence-corrected chi connectivity index (χ0v) is 12.1. The molecule has 4 heteroatoms. The van der Waals surface area contributed by atoms with Crippen molar-refractivity contribution in [2.45, 2.75) is 26.3 Å².